The fraction of sp³-hybridized carbons (Fsp3) is 0.600. The normalized spacial score (nSPS) is 18.5. The number of hydrogen-bond donors (Lipinski definition) is 1. The highest BCUT2D eigenvalue weighted by Gasteiger charge is 2.19. The summed E-state index contributed by atoms with van der Waals surface area (Å²) >= 11 is 3.45. The molecule has 94 valence electrons. The topological polar surface area (TPSA) is 20.2 Å². The molecule has 17 heavy (non-hydrogen) atoms. The highest BCUT2D eigenvalue weighted by molar-refractivity contribution is 9.10. The lowest BCUT2D eigenvalue weighted by Crippen LogP contribution is -2.13. The number of hydrogen-bond acceptors (Lipinski definition) is 1. The van der Waals surface area contributed by atoms with Crippen LogP contribution in [0.4, 0.5) is 0 Å². The minimum Gasteiger partial charge on any atom is -0.396 e. The van der Waals surface area contributed by atoms with E-state index in [2.05, 4.69) is 40.2 Å². The average molecular weight is 297 g/mol. The average Bonchev–Trinajstić information content (AvgIpc) is 2.84. The van der Waals surface area contributed by atoms with Crippen LogP contribution >= 0.6 is 15.9 Å². The lowest BCUT2D eigenvalue weighted by molar-refractivity contribution is 0.200. The molecule has 0 aromatic heterocycles. The van der Waals surface area contributed by atoms with Crippen molar-refractivity contribution < 1.29 is 5.11 Å². The van der Waals surface area contributed by atoms with Crippen molar-refractivity contribution in [2.75, 3.05) is 6.61 Å². The van der Waals surface area contributed by atoms with Gasteiger partial charge in [-0.15, -0.1) is 0 Å². The summed E-state index contributed by atoms with van der Waals surface area (Å²) < 4.78 is 1.12. The number of rotatable bonds is 5. The van der Waals surface area contributed by atoms with Gasteiger partial charge >= 0.3 is 0 Å². The second kappa shape index (κ2) is 6.55. The summed E-state index contributed by atoms with van der Waals surface area (Å²) in [6.45, 7) is 0.326. The Kier molecular flexibility index (Phi) is 5.05. The van der Waals surface area contributed by atoms with E-state index in [1.54, 1.807) is 0 Å². The third-order valence-electron chi connectivity index (χ3n) is 3.84. The van der Waals surface area contributed by atoms with E-state index < -0.39 is 0 Å². The van der Waals surface area contributed by atoms with E-state index in [0.717, 1.165) is 16.8 Å². The van der Waals surface area contributed by atoms with Gasteiger partial charge in [0, 0.05) is 11.1 Å². The van der Waals surface area contributed by atoms with Gasteiger partial charge in [-0.25, -0.2) is 0 Å². The van der Waals surface area contributed by atoms with Crippen molar-refractivity contribution >= 4 is 15.9 Å². The van der Waals surface area contributed by atoms with E-state index in [1.807, 2.05) is 0 Å². The minimum absolute atomic E-state index is 0.326. The molecular weight excluding hydrogens is 276 g/mol. The molecule has 0 spiro atoms. The number of aliphatic hydroxyl groups is 1. The van der Waals surface area contributed by atoms with E-state index in [4.69, 9.17) is 0 Å². The van der Waals surface area contributed by atoms with Gasteiger partial charge in [-0.2, -0.15) is 0 Å². The molecule has 0 radical (unpaired) electrons. The highest BCUT2D eigenvalue weighted by Crippen LogP contribution is 2.31. The fourth-order valence-electron chi connectivity index (χ4n) is 2.89. The highest BCUT2D eigenvalue weighted by atomic mass is 79.9. The van der Waals surface area contributed by atoms with E-state index in [9.17, 15) is 5.11 Å². The second-order valence-corrected chi connectivity index (χ2v) is 6.18. The molecule has 0 saturated heterocycles. The largest absolute Gasteiger partial charge is 0.396 e. The molecule has 1 nitrogen and oxygen atoms in total. The summed E-state index contributed by atoms with van der Waals surface area (Å²) in [5, 5.41) is 9.49. The Labute approximate surface area is 112 Å². The van der Waals surface area contributed by atoms with E-state index in [-0.39, 0.29) is 0 Å². The lowest BCUT2D eigenvalue weighted by atomic mass is 9.89. The van der Waals surface area contributed by atoms with Crippen LogP contribution in [0.5, 0.6) is 0 Å². The van der Waals surface area contributed by atoms with Gasteiger partial charge in [0.2, 0.25) is 0 Å². The van der Waals surface area contributed by atoms with Gasteiger partial charge in [-0.3, -0.25) is 0 Å². The van der Waals surface area contributed by atoms with Crippen molar-refractivity contribution in [1.82, 2.24) is 0 Å². The monoisotopic (exact) mass is 296 g/mol. The Balaban J connectivity index is 1.87. The minimum atomic E-state index is 0.326. The van der Waals surface area contributed by atoms with Crippen molar-refractivity contribution in [3.8, 4) is 0 Å². The molecule has 0 amide bonds. The standard InChI is InChI=1S/C15H21BrO/c16-15-7-5-13(6-8-15)10-14(11-17)9-12-3-1-2-4-12/h5-8,12,14,17H,1-4,9-11H2. The Morgan fingerprint density at radius 1 is 1.18 bits per heavy atom. The molecule has 1 aromatic rings. The second-order valence-electron chi connectivity index (χ2n) is 5.27. The maximum absolute atomic E-state index is 9.49. The van der Waals surface area contributed by atoms with Crippen LogP contribution in [0.2, 0.25) is 0 Å². The molecule has 1 aliphatic rings. The van der Waals surface area contributed by atoms with Crippen molar-refractivity contribution in [1.29, 1.82) is 0 Å². The maximum atomic E-state index is 9.49. The van der Waals surface area contributed by atoms with Crippen molar-refractivity contribution in [3.05, 3.63) is 34.3 Å². The molecule has 1 unspecified atom stereocenters. The summed E-state index contributed by atoms with van der Waals surface area (Å²) in [4.78, 5) is 0. The Hall–Kier alpha value is -0.340. The van der Waals surface area contributed by atoms with Crippen LogP contribution in [-0.2, 0) is 6.42 Å². The van der Waals surface area contributed by atoms with Crippen LogP contribution in [0.3, 0.4) is 0 Å². The zero-order chi connectivity index (χ0) is 12.1. The number of aliphatic hydroxyl groups excluding tert-OH is 1. The lowest BCUT2D eigenvalue weighted by Gasteiger charge is -2.18. The van der Waals surface area contributed by atoms with Gasteiger partial charge in [0.1, 0.15) is 0 Å². The van der Waals surface area contributed by atoms with Gasteiger partial charge in [0.05, 0.1) is 0 Å². The molecule has 1 fully saturated rings. The zero-order valence-electron chi connectivity index (χ0n) is 10.2. The molecule has 0 heterocycles. The van der Waals surface area contributed by atoms with Gasteiger partial charge in [0.25, 0.3) is 0 Å². The Morgan fingerprint density at radius 3 is 2.41 bits per heavy atom. The maximum Gasteiger partial charge on any atom is 0.0462 e. The third kappa shape index (κ3) is 4.11. The smallest absolute Gasteiger partial charge is 0.0462 e. The van der Waals surface area contributed by atoms with Crippen LogP contribution in [0.1, 0.15) is 37.7 Å². The van der Waals surface area contributed by atoms with Crippen LogP contribution < -0.4 is 0 Å². The molecule has 0 bridgehead atoms. The number of benzene rings is 1. The van der Waals surface area contributed by atoms with Crippen molar-refractivity contribution in [3.63, 3.8) is 0 Å². The van der Waals surface area contributed by atoms with Gasteiger partial charge in [-0.1, -0.05) is 53.7 Å². The summed E-state index contributed by atoms with van der Waals surface area (Å²) in [7, 11) is 0. The molecule has 2 heteroatoms. The predicted octanol–water partition coefficient (Wildman–Crippen LogP) is 4.18. The first-order chi connectivity index (χ1) is 8.28. The quantitative estimate of drug-likeness (QED) is 0.864. The van der Waals surface area contributed by atoms with Crippen LogP contribution in [0, 0.1) is 11.8 Å². The van der Waals surface area contributed by atoms with Gasteiger partial charge in [-0.05, 0) is 42.4 Å². The Bertz CT molecular complexity index is 327. The fourth-order valence-corrected chi connectivity index (χ4v) is 3.16. The Morgan fingerprint density at radius 2 is 1.82 bits per heavy atom. The first-order valence-corrected chi connectivity index (χ1v) is 7.42. The molecule has 1 N–H and O–H groups in total. The molecule has 1 aromatic carbocycles. The van der Waals surface area contributed by atoms with E-state index >= 15 is 0 Å². The zero-order valence-corrected chi connectivity index (χ0v) is 11.8. The van der Waals surface area contributed by atoms with Crippen molar-refractivity contribution in [2.45, 2.75) is 38.5 Å². The summed E-state index contributed by atoms with van der Waals surface area (Å²) in [6.07, 6.45) is 7.74. The SMILES string of the molecule is OCC(Cc1ccc(Br)cc1)CC1CCCC1. The third-order valence-corrected chi connectivity index (χ3v) is 4.37. The van der Waals surface area contributed by atoms with Gasteiger partial charge in [0.15, 0.2) is 0 Å². The first kappa shape index (κ1) is 13.1. The summed E-state index contributed by atoms with van der Waals surface area (Å²) in [5.41, 5.74) is 1.34. The molecule has 1 atom stereocenters. The molecule has 0 aliphatic heterocycles. The number of halogens is 1. The van der Waals surface area contributed by atoms with Crippen molar-refractivity contribution in [2.24, 2.45) is 11.8 Å². The van der Waals surface area contributed by atoms with Gasteiger partial charge < -0.3 is 5.11 Å². The first-order valence-electron chi connectivity index (χ1n) is 6.63. The van der Waals surface area contributed by atoms with Crippen LogP contribution in [-0.4, -0.2) is 11.7 Å². The summed E-state index contributed by atoms with van der Waals surface area (Å²) in [6, 6.07) is 8.47. The molecular formula is C15H21BrO. The van der Waals surface area contributed by atoms with E-state index in [1.165, 1.54) is 37.7 Å². The molecule has 1 aliphatic carbocycles. The van der Waals surface area contributed by atoms with Crippen LogP contribution in [0.25, 0.3) is 0 Å². The van der Waals surface area contributed by atoms with Crippen LogP contribution in [0.15, 0.2) is 28.7 Å². The van der Waals surface area contributed by atoms with E-state index in [0.29, 0.717) is 12.5 Å². The summed E-state index contributed by atoms with van der Waals surface area (Å²) in [5.74, 6) is 1.31. The molecule has 2 rings (SSSR count). The predicted molar refractivity (Wildman–Crippen MR) is 75.0 cm³/mol. The molecule has 1 saturated carbocycles.